The van der Waals surface area contributed by atoms with Gasteiger partial charge in [-0.2, -0.15) is 0 Å². The highest BCUT2D eigenvalue weighted by molar-refractivity contribution is 5.82. The van der Waals surface area contributed by atoms with E-state index in [9.17, 15) is 4.79 Å². The summed E-state index contributed by atoms with van der Waals surface area (Å²) in [4.78, 5) is 14.1. The predicted molar refractivity (Wildman–Crippen MR) is 78.7 cm³/mol. The van der Waals surface area contributed by atoms with E-state index in [4.69, 9.17) is 4.74 Å². The van der Waals surface area contributed by atoms with Crippen LogP contribution in [0.5, 0.6) is 0 Å². The summed E-state index contributed by atoms with van der Waals surface area (Å²) < 4.78 is 5.06. The van der Waals surface area contributed by atoms with Gasteiger partial charge in [0.2, 0.25) is 0 Å². The van der Waals surface area contributed by atoms with Gasteiger partial charge in [-0.25, -0.2) is 4.79 Å². The van der Waals surface area contributed by atoms with Crippen molar-refractivity contribution in [3.63, 3.8) is 0 Å². The molecule has 0 saturated carbocycles. The normalized spacial score (nSPS) is 19.8. The second-order valence-electron chi connectivity index (χ2n) is 5.19. The van der Waals surface area contributed by atoms with Crippen molar-refractivity contribution in [3.8, 4) is 0 Å². The summed E-state index contributed by atoms with van der Waals surface area (Å²) in [5.74, 6) is 0.536. The molecule has 0 aromatic carbocycles. The van der Waals surface area contributed by atoms with Crippen molar-refractivity contribution in [1.82, 2.24) is 4.90 Å². The summed E-state index contributed by atoms with van der Waals surface area (Å²) in [6.07, 6.45) is 8.39. The Bertz CT molecular complexity index is 341. The van der Waals surface area contributed by atoms with Gasteiger partial charge >= 0.3 is 5.97 Å². The van der Waals surface area contributed by atoms with Crippen LogP contribution in [0.25, 0.3) is 0 Å². The quantitative estimate of drug-likeness (QED) is 0.419. The van der Waals surface area contributed by atoms with Crippen molar-refractivity contribution in [3.05, 3.63) is 23.9 Å². The molecule has 1 heterocycles. The Hall–Kier alpha value is -1.25. The number of ether oxygens (including phenoxy) is 1. The summed E-state index contributed by atoms with van der Waals surface area (Å²) in [6, 6.07) is 0. The largest absolute Gasteiger partial charge is 0.463 e. The second kappa shape index (κ2) is 8.03. The summed E-state index contributed by atoms with van der Waals surface area (Å²) in [5, 5.41) is 0. The number of hydrogen-bond acceptors (Lipinski definition) is 3. The van der Waals surface area contributed by atoms with E-state index in [-0.39, 0.29) is 5.97 Å². The maximum absolute atomic E-state index is 11.8. The van der Waals surface area contributed by atoms with Gasteiger partial charge < -0.3 is 9.64 Å². The molecule has 0 aromatic heterocycles. The molecule has 0 radical (unpaired) electrons. The molecule has 1 rings (SSSR count). The third kappa shape index (κ3) is 4.73. The molecular weight excluding hydrogens is 238 g/mol. The first kappa shape index (κ1) is 15.8. The van der Waals surface area contributed by atoms with Gasteiger partial charge in [-0.15, -0.1) is 0 Å². The molecule has 0 aliphatic carbocycles. The van der Waals surface area contributed by atoms with E-state index in [1.165, 1.54) is 12.8 Å². The first-order chi connectivity index (χ1) is 9.10. The zero-order valence-corrected chi connectivity index (χ0v) is 12.7. The van der Waals surface area contributed by atoms with E-state index in [0.29, 0.717) is 18.4 Å². The van der Waals surface area contributed by atoms with Crippen LogP contribution in [0.4, 0.5) is 0 Å². The number of hydrogen-bond donors (Lipinski definition) is 0. The molecule has 0 bridgehead atoms. The van der Waals surface area contributed by atoms with Crippen molar-refractivity contribution >= 4 is 5.97 Å². The van der Waals surface area contributed by atoms with E-state index in [1.807, 2.05) is 13.8 Å². The van der Waals surface area contributed by atoms with Gasteiger partial charge in [-0.05, 0) is 32.6 Å². The molecule has 2 unspecified atom stereocenters. The topological polar surface area (TPSA) is 29.5 Å². The van der Waals surface area contributed by atoms with Crippen LogP contribution in [0.2, 0.25) is 0 Å². The SMILES string of the molecule is C/C=C/C(C)C(C)C(=CC(=O)OCC)N1CCCC1. The molecule has 3 heteroatoms. The van der Waals surface area contributed by atoms with Crippen LogP contribution >= 0.6 is 0 Å². The minimum atomic E-state index is -0.219. The molecular formula is C16H27NO2. The molecule has 1 aliphatic heterocycles. The molecule has 0 aromatic rings. The number of esters is 1. The summed E-state index contributed by atoms with van der Waals surface area (Å²) in [6.45, 7) is 10.8. The van der Waals surface area contributed by atoms with Crippen molar-refractivity contribution in [1.29, 1.82) is 0 Å². The van der Waals surface area contributed by atoms with Gasteiger partial charge in [-0.3, -0.25) is 0 Å². The van der Waals surface area contributed by atoms with Crippen LogP contribution < -0.4 is 0 Å². The highest BCUT2D eigenvalue weighted by atomic mass is 16.5. The number of rotatable bonds is 6. The van der Waals surface area contributed by atoms with Crippen LogP contribution in [0.15, 0.2) is 23.9 Å². The smallest absolute Gasteiger partial charge is 0.332 e. The molecule has 2 atom stereocenters. The summed E-state index contributed by atoms with van der Waals surface area (Å²) in [5.41, 5.74) is 1.13. The molecule has 1 saturated heterocycles. The number of carbonyl (C=O) groups excluding carboxylic acids is 1. The predicted octanol–water partition coefficient (Wildman–Crippen LogP) is 3.38. The molecule has 0 N–H and O–H groups in total. The molecule has 19 heavy (non-hydrogen) atoms. The average Bonchev–Trinajstić information content (AvgIpc) is 2.89. The van der Waals surface area contributed by atoms with Crippen LogP contribution in [-0.2, 0) is 9.53 Å². The maximum atomic E-state index is 11.8. The Kier molecular flexibility index (Phi) is 6.68. The fourth-order valence-corrected chi connectivity index (χ4v) is 2.53. The molecule has 3 nitrogen and oxygen atoms in total. The van der Waals surface area contributed by atoms with E-state index in [1.54, 1.807) is 6.08 Å². The summed E-state index contributed by atoms with van der Waals surface area (Å²) >= 11 is 0. The van der Waals surface area contributed by atoms with Crippen LogP contribution in [0.3, 0.4) is 0 Å². The van der Waals surface area contributed by atoms with Crippen molar-refractivity contribution in [2.75, 3.05) is 19.7 Å². The van der Waals surface area contributed by atoms with E-state index < -0.39 is 0 Å². The molecule has 0 amide bonds. The number of carbonyl (C=O) groups is 1. The Morgan fingerprint density at radius 1 is 1.32 bits per heavy atom. The van der Waals surface area contributed by atoms with Gasteiger partial charge in [0.05, 0.1) is 6.61 Å². The fourth-order valence-electron chi connectivity index (χ4n) is 2.53. The highest BCUT2D eigenvalue weighted by Crippen LogP contribution is 2.27. The van der Waals surface area contributed by atoms with Crippen molar-refractivity contribution in [2.45, 2.75) is 40.5 Å². The lowest BCUT2D eigenvalue weighted by atomic mass is 9.91. The summed E-state index contributed by atoms with van der Waals surface area (Å²) in [7, 11) is 0. The van der Waals surface area contributed by atoms with Gasteiger partial charge in [0, 0.05) is 30.8 Å². The van der Waals surface area contributed by atoms with Gasteiger partial charge in [0.25, 0.3) is 0 Å². The van der Waals surface area contributed by atoms with E-state index in [0.717, 1.165) is 18.8 Å². The molecule has 108 valence electrons. The Labute approximate surface area is 117 Å². The average molecular weight is 265 g/mol. The minimum absolute atomic E-state index is 0.219. The second-order valence-corrected chi connectivity index (χ2v) is 5.19. The number of likely N-dealkylation sites (tertiary alicyclic amines) is 1. The van der Waals surface area contributed by atoms with Crippen LogP contribution in [-0.4, -0.2) is 30.6 Å². The van der Waals surface area contributed by atoms with Crippen molar-refractivity contribution < 1.29 is 9.53 Å². The zero-order valence-electron chi connectivity index (χ0n) is 12.7. The minimum Gasteiger partial charge on any atom is -0.463 e. The third-order valence-corrected chi connectivity index (χ3v) is 3.77. The van der Waals surface area contributed by atoms with Crippen LogP contribution in [0.1, 0.15) is 40.5 Å². The van der Waals surface area contributed by atoms with Gasteiger partial charge in [0.1, 0.15) is 0 Å². The standard InChI is InChI=1S/C16H27NO2/c1-5-9-13(3)14(4)15(12-16(18)19-6-2)17-10-7-8-11-17/h5,9,12-14H,6-8,10-11H2,1-4H3/b9-5+,15-12?. The maximum Gasteiger partial charge on any atom is 0.332 e. The zero-order chi connectivity index (χ0) is 14.3. The molecule has 0 spiro atoms. The van der Waals surface area contributed by atoms with E-state index >= 15 is 0 Å². The Morgan fingerprint density at radius 2 is 1.95 bits per heavy atom. The van der Waals surface area contributed by atoms with E-state index in [2.05, 4.69) is 30.9 Å². The fraction of sp³-hybridized carbons (Fsp3) is 0.688. The first-order valence-electron chi connectivity index (χ1n) is 7.36. The molecule has 1 aliphatic rings. The van der Waals surface area contributed by atoms with Gasteiger partial charge in [-0.1, -0.05) is 26.0 Å². The first-order valence-corrected chi connectivity index (χ1v) is 7.36. The lowest BCUT2D eigenvalue weighted by Crippen LogP contribution is -2.27. The number of allylic oxidation sites excluding steroid dienone is 3. The van der Waals surface area contributed by atoms with Gasteiger partial charge in [0.15, 0.2) is 0 Å². The lowest BCUT2D eigenvalue weighted by Gasteiger charge is -2.29. The lowest BCUT2D eigenvalue weighted by molar-refractivity contribution is -0.137. The monoisotopic (exact) mass is 265 g/mol. The molecule has 1 fully saturated rings. The highest BCUT2D eigenvalue weighted by Gasteiger charge is 2.23. The number of nitrogens with zero attached hydrogens (tertiary/aromatic N) is 1. The Morgan fingerprint density at radius 3 is 2.47 bits per heavy atom. The third-order valence-electron chi connectivity index (χ3n) is 3.77. The van der Waals surface area contributed by atoms with Crippen LogP contribution in [0, 0.1) is 11.8 Å². The Balaban J connectivity index is 2.87. The van der Waals surface area contributed by atoms with Crippen molar-refractivity contribution in [2.24, 2.45) is 11.8 Å².